The van der Waals surface area contributed by atoms with Crippen molar-refractivity contribution in [2.24, 2.45) is 11.8 Å². The molecule has 1 saturated heterocycles. The van der Waals surface area contributed by atoms with Crippen molar-refractivity contribution >= 4 is 12.0 Å². The molecule has 18 heavy (non-hydrogen) atoms. The molecule has 0 bridgehead atoms. The number of hydrogen-bond donors (Lipinski definition) is 2. The summed E-state index contributed by atoms with van der Waals surface area (Å²) in [5.74, 6) is 2.02. The largest absolute Gasteiger partial charge is 0.480 e. The van der Waals surface area contributed by atoms with Crippen molar-refractivity contribution in [3.63, 3.8) is 0 Å². The van der Waals surface area contributed by atoms with Crippen LogP contribution in [-0.4, -0.2) is 41.1 Å². The maximum absolute atomic E-state index is 11.9. The number of nitrogens with zero attached hydrogens (tertiary/aromatic N) is 1. The van der Waals surface area contributed by atoms with E-state index in [1.807, 2.05) is 0 Å². The summed E-state index contributed by atoms with van der Waals surface area (Å²) in [6.07, 6.45) is 8.59. The molecule has 0 aromatic carbocycles. The van der Waals surface area contributed by atoms with Crippen LogP contribution in [0.2, 0.25) is 0 Å². The predicted molar refractivity (Wildman–Crippen MR) is 65.8 cm³/mol. The number of nitrogens with one attached hydrogen (secondary N) is 1. The lowest BCUT2D eigenvalue weighted by Crippen LogP contribution is -2.48. The van der Waals surface area contributed by atoms with E-state index in [2.05, 4.69) is 11.2 Å². The van der Waals surface area contributed by atoms with Crippen LogP contribution in [0.4, 0.5) is 4.79 Å². The Hall–Kier alpha value is -1.70. The molecule has 2 N–H and O–H groups in total. The highest BCUT2D eigenvalue weighted by Crippen LogP contribution is 2.42. The van der Waals surface area contributed by atoms with Gasteiger partial charge >= 0.3 is 12.0 Å². The second-order valence-electron chi connectivity index (χ2n) is 4.98. The quantitative estimate of drug-likeness (QED) is 0.577. The van der Waals surface area contributed by atoms with Gasteiger partial charge in [-0.25, -0.2) is 9.59 Å². The molecule has 2 aliphatic rings. The van der Waals surface area contributed by atoms with Gasteiger partial charge in [0, 0.05) is 19.5 Å². The minimum atomic E-state index is -0.892. The number of likely N-dealkylation sites (tertiary alicyclic amines) is 1. The molecule has 1 heterocycles. The summed E-state index contributed by atoms with van der Waals surface area (Å²) in [4.78, 5) is 24.7. The lowest BCUT2D eigenvalue weighted by Gasteiger charge is -2.24. The maximum atomic E-state index is 11.9. The Labute approximate surface area is 107 Å². The van der Waals surface area contributed by atoms with E-state index in [9.17, 15) is 14.7 Å². The van der Waals surface area contributed by atoms with Gasteiger partial charge in [-0.05, 0) is 24.7 Å². The molecule has 3 atom stereocenters. The summed E-state index contributed by atoms with van der Waals surface area (Å²) in [7, 11) is 0. The number of urea groups is 1. The number of terminal acetylenes is 1. The van der Waals surface area contributed by atoms with Gasteiger partial charge in [0.25, 0.3) is 0 Å². The van der Waals surface area contributed by atoms with E-state index >= 15 is 0 Å². The molecule has 0 radical (unpaired) electrons. The van der Waals surface area contributed by atoms with E-state index in [1.54, 1.807) is 0 Å². The molecule has 2 amide bonds. The highest BCUT2D eigenvalue weighted by molar-refractivity contribution is 5.83. The molecule has 98 valence electrons. The molecule has 1 saturated carbocycles. The Bertz CT molecular complexity index is 388. The number of hydrogen-bond acceptors (Lipinski definition) is 2. The first-order valence-electron chi connectivity index (χ1n) is 6.36. The van der Waals surface area contributed by atoms with Crippen LogP contribution in [-0.2, 0) is 4.79 Å². The first kappa shape index (κ1) is 12.7. The van der Waals surface area contributed by atoms with Crippen LogP contribution in [0.5, 0.6) is 0 Å². The van der Waals surface area contributed by atoms with E-state index in [4.69, 9.17) is 6.42 Å². The fourth-order valence-electron chi connectivity index (χ4n) is 3.17. The fraction of sp³-hybridized carbons (Fsp3) is 0.692. The highest BCUT2D eigenvalue weighted by atomic mass is 16.4. The van der Waals surface area contributed by atoms with Crippen molar-refractivity contribution in [3.8, 4) is 12.3 Å². The Morgan fingerprint density at radius 1 is 1.44 bits per heavy atom. The number of amides is 2. The molecular weight excluding hydrogens is 232 g/mol. The van der Waals surface area contributed by atoms with Crippen molar-refractivity contribution in [1.82, 2.24) is 10.2 Å². The first-order chi connectivity index (χ1) is 8.65. The average Bonchev–Trinajstić information content (AvgIpc) is 2.87. The SMILES string of the molecule is C#CCCNC(=O)N1CC2CCCC2C1C(=O)O. The second-order valence-corrected chi connectivity index (χ2v) is 4.98. The van der Waals surface area contributed by atoms with E-state index in [1.165, 1.54) is 4.90 Å². The molecular formula is C13H18N2O3. The van der Waals surface area contributed by atoms with Gasteiger partial charge in [0.15, 0.2) is 0 Å². The molecule has 0 aromatic heterocycles. The fourth-order valence-corrected chi connectivity index (χ4v) is 3.17. The zero-order valence-corrected chi connectivity index (χ0v) is 10.3. The Morgan fingerprint density at radius 3 is 2.89 bits per heavy atom. The second kappa shape index (κ2) is 5.30. The van der Waals surface area contributed by atoms with Gasteiger partial charge in [0.2, 0.25) is 0 Å². The topological polar surface area (TPSA) is 69.6 Å². The normalized spacial score (nSPS) is 29.7. The van der Waals surface area contributed by atoms with Crippen molar-refractivity contribution in [2.75, 3.05) is 13.1 Å². The summed E-state index contributed by atoms with van der Waals surface area (Å²) in [6, 6.07) is -0.963. The van der Waals surface area contributed by atoms with Gasteiger partial charge < -0.3 is 15.3 Å². The lowest BCUT2D eigenvalue weighted by atomic mass is 9.94. The van der Waals surface area contributed by atoms with Crippen molar-refractivity contribution in [3.05, 3.63) is 0 Å². The Kier molecular flexibility index (Phi) is 3.75. The van der Waals surface area contributed by atoms with Gasteiger partial charge in [-0.2, -0.15) is 0 Å². The predicted octanol–water partition coefficient (Wildman–Crippen LogP) is 0.904. The number of carboxylic acids is 1. The molecule has 0 aromatic rings. The molecule has 5 heteroatoms. The van der Waals surface area contributed by atoms with Crippen molar-refractivity contribution in [1.29, 1.82) is 0 Å². The molecule has 3 unspecified atom stereocenters. The summed E-state index contributed by atoms with van der Waals surface area (Å²) in [5.41, 5.74) is 0. The van der Waals surface area contributed by atoms with Crippen LogP contribution in [0.25, 0.3) is 0 Å². The highest BCUT2D eigenvalue weighted by Gasteiger charge is 2.49. The number of carboxylic acid groups (broad SMARTS) is 1. The summed E-state index contributed by atoms with van der Waals surface area (Å²) >= 11 is 0. The van der Waals surface area contributed by atoms with E-state index in [-0.39, 0.29) is 11.9 Å². The van der Waals surface area contributed by atoms with Gasteiger partial charge in [0.05, 0.1) is 0 Å². The number of carbonyl (C=O) groups is 2. The van der Waals surface area contributed by atoms with E-state index in [0.717, 1.165) is 19.3 Å². The standard InChI is InChI=1S/C13H18N2O3/c1-2-3-7-14-13(18)15-8-9-5-4-6-10(9)11(15)12(16)17/h1,9-11H,3-8H2,(H,14,18)(H,16,17). The Morgan fingerprint density at radius 2 is 2.22 bits per heavy atom. The van der Waals surface area contributed by atoms with Crippen LogP contribution in [0.15, 0.2) is 0 Å². The lowest BCUT2D eigenvalue weighted by molar-refractivity contribution is -0.142. The van der Waals surface area contributed by atoms with Crippen LogP contribution >= 0.6 is 0 Å². The molecule has 2 fully saturated rings. The van der Waals surface area contributed by atoms with Crippen LogP contribution in [0.3, 0.4) is 0 Å². The Balaban J connectivity index is 2.01. The maximum Gasteiger partial charge on any atom is 0.326 e. The van der Waals surface area contributed by atoms with E-state index in [0.29, 0.717) is 25.4 Å². The van der Waals surface area contributed by atoms with Gasteiger partial charge in [-0.15, -0.1) is 12.3 Å². The molecule has 1 aliphatic heterocycles. The summed E-state index contributed by atoms with van der Waals surface area (Å²) in [5, 5.41) is 12.0. The van der Waals surface area contributed by atoms with Crippen LogP contribution in [0, 0.1) is 24.2 Å². The third-order valence-electron chi connectivity index (χ3n) is 3.95. The monoisotopic (exact) mass is 250 g/mol. The molecule has 5 nitrogen and oxygen atoms in total. The number of aliphatic carboxylic acids is 1. The van der Waals surface area contributed by atoms with Crippen molar-refractivity contribution in [2.45, 2.75) is 31.7 Å². The average molecular weight is 250 g/mol. The minimum Gasteiger partial charge on any atom is -0.480 e. The molecule has 1 aliphatic carbocycles. The zero-order chi connectivity index (χ0) is 13.1. The van der Waals surface area contributed by atoms with Gasteiger partial charge in [-0.3, -0.25) is 0 Å². The van der Waals surface area contributed by atoms with Gasteiger partial charge in [0.1, 0.15) is 6.04 Å². The first-order valence-corrected chi connectivity index (χ1v) is 6.36. The minimum absolute atomic E-state index is 0.126. The zero-order valence-electron chi connectivity index (χ0n) is 10.3. The van der Waals surface area contributed by atoms with Gasteiger partial charge in [-0.1, -0.05) is 6.42 Å². The number of carbonyl (C=O) groups excluding carboxylic acids is 1. The van der Waals surface area contributed by atoms with Crippen LogP contribution in [0.1, 0.15) is 25.7 Å². The molecule has 0 spiro atoms. The summed E-state index contributed by atoms with van der Waals surface area (Å²) < 4.78 is 0. The van der Waals surface area contributed by atoms with Crippen LogP contribution < -0.4 is 5.32 Å². The smallest absolute Gasteiger partial charge is 0.326 e. The third kappa shape index (κ3) is 2.28. The number of fused-ring (bicyclic) bond motifs is 1. The van der Waals surface area contributed by atoms with Crippen molar-refractivity contribution < 1.29 is 14.7 Å². The summed E-state index contributed by atoms with van der Waals surface area (Å²) in [6.45, 7) is 0.955. The number of rotatable bonds is 3. The molecule has 2 rings (SSSR count). The van der Waals surface area contributed by atoms with E-state index < -0.39 is 12.0 Å². The third-order valence-corrected chi connectivity index (χ3v) is 3.95.